The van der Waals surface area contributed by atoms with Gasteiger partial charge in [-0.05, 0) is 73.5 Å². The number of aromatic nitrogens is 1. The van der Waals surface area contributed by atoms with Crippen LogP contribution in [-0.2, 0) is 55.4 Å². The van der Waals surface area contributed by atoms with Crippen molar-refractivity contribution in [3.8, 4) is 5.75 Å². The first kappa shape index (κ1) is 44.1. The van der Waals surface area contributed by atoms with Crippen molar-refractivity contribution in [2.24, 2.45) is 11.3 Å². The first-order valence-electron chi connectivity index (χ1n) is 22.1. The molecule has 5 aliphatic heterocycles. The molecule has 2 aromatic carbocycles. The van der Waals surface area contributed by atoms with Gasteiger partial charge in [-0.15, -0.1) is 0 Å². The van der Waals surface area contributed by atoms with Crippen LogP contribution >= 0.6 is 15.9 Å². The molecule has 9 rings (SSSR count). The number of esters is 4. The van der Waals surface area contributed by atoms with E-state index in [1.165, 1.54) is 33.8 Å². The first-order chi connectivity index (χ1) is 30.6. The van der Waals surface area contributed by atoms with Crippen molar-refractivity contribution in [3.63, 3.8) is 0 Å². The number of ether oxygens (including phenoxy) is 5. The Bertz CT molecular complexity index is 2570. The highest BCUT2D eigenvalue weighted by Crippen LogP contribution is 2.68. The summed E-state index contributed by atoms with van der Waals surface area (Å²) >= 11 is 3.69. The molecule has 0 radical (unpaired) electrons. The average Bonchev–Trinajstić information content (AvgIpc) is 3.94. The quantitative estimate of drug-likeness (QED) is 0.163. The van der Waals surface area contributed by atoms with E-state index >= 15 is 4.79 Å². The van der Waals surface area contributed by atoms with E-state index in [9.17, 15) is 19.5 Å². The topological polar surface area (TPSA) is 160 Å². The van der Waals surface area contributed by atoms with E-state index in [2.05, 4.69) is 49.8 Å². The third-order valence-electron chi connectivity index (χ3n) is 15.5. The molecule has 3 aromatic rings. The van der Waals surface area contributed by atoms with Crippen molar-refractivity contribution in [2.45, 2.75) is 87.5 Å². The van der Waals surface area contributed by atoms with Crippen molar-refractivity contribution in [3.05, 3.63) is 92.8 Å². The summed E-state index contributed by atoms with van der Waals surface area (Å²) in [5.74, 6) is -2.34. The highest BCUT2D eigenvalue weighted by Gasteiger charge is 2.80. The molecule has 1 saturated carbocycles. The molecule has 64 heavy (non-hydrogen) atoms. The summed E-state index contributed by atoms with van der Waals surface area (Å²) in [5.41, 5.74) is -0.198. The van der Waals surface area contributed by atoms with Gasteiger partial charge in [-0.3, -0.25) is 14.5 Å². The number of aromatic amines is 1. The second-order valence-electron chi connectivity index (χ2n) is 18.4. The van der Waals surface area contributed by atoms with Gasteiger partial charge in [-0.2, -0.15) is 0 Å². The maximum absolute atomic E-state index is 15.6. The number of methoxy groups -OCH3 is 4. The van der Waals surface area contributed by atoms with Gasteiger partial charge >= 0.3 is 23.9 Å². The van der Waals surface area contributed by atoms with Crippen molar-refractivity contribution in [2.75, 3.05) is 66.6 Å². The number of carbonyl (C=O) groups is 4. The van der Waals surface area contributed by atoms with Crippen LogP contribution in [0.4, 0.5) is 5.69 Å². The second-order valence-corrected chi connectivity index (χ2v) is 19.3. The Hall–Kier alpha value is -5.12. The van der Waals surface area contributed by atoms with E-state index in [0.717, 1.165) is 32.9 Å². The highest BCUT2D eigenvalue weighted by molar-refractivity contribution is 9.10. The van der Waals surface area contributed by atoms with Crippen LogP contribution in [0.3, 0.4) is 0 Å². The monoisotopic (exact) mass is 940 g/mol. The van der Waals surface area contributed by atoms with Gasteiger partial charge in [-0.1, -0.05) is 53.6 Å². The number of carbonyl (C=O) groups excluding carboxylic acids is 4. The summed E-state index contributed by atoms with van der Waals surface area (Å²) in [6, 6.07) is 8.52. The Labute approximate surface area is 381 Å². The number of nitrogens with one attached hydrogen (secondary N) is 1. The van der Waals surface area contributed by atoms with E-state index in [-0.39, 0.29) is 24.8 Å². The number of anilines is 1. The molecule has 15 heteroatoms. The summed E-state index contributed by atoms with van der Waals surface area (Å²) in [4.78, 5) is 67.1. The normalized spacial score (nSPS) is 32.3. The molecule has 1 spiro atoms. The van der Waals surface area contributed by atoms with Crippen LogP contribution in [0.25, 0.3) is 10.9 Å². The van der Waals surface area contributed by atoms with Gasteiger partial charge in [0.15, 0.2) is 6.10 Å². The van der Waals surface area contributed by atoms with Crippen LogP contribution in [0.5, 0.6) is 5.75 Å². The SMILES string of the molecule is CCC1=C[C@H]2CN(/C=C(/C(=O)OC)Cc3c([nH]c4ccc(Br)cc34)[C@@](C(=O)OC)(c3cc4c(cc3OC)N(C)[C@H]3[C@@](O)(C(=O)OC)[C@H](OC(C)=O)[C@]5(CC)C=CCN6CC[C@]43[C@@H]65)C2)C1. The van der Waals surface area contributed by atoms with Crippen molar-refractivity contribution >= 4 is 56.4 Å². The summed E-state index contributed by atoms with van der Waals surface area (Å²) in [7, 11) is 7.44. The minimum atomic E-state index is -2.34. The van der Waals surface area contributed by atoms with Gasteiger partial charge in [0.25, 0.3) is 0 Å². The number of halogens is 1. The molecule has 1 saturated heterocycles. The minimum Gasteiger partial charge on any atom is -0.496 e. The van der Waals surface area contributed by atoms with Crippen molar-refractivity contribution < 1.29 is 48.0 Å². The number of hydrogen-bond acceptors (Lipinski definition) is 13. The summed E-state index contributed by atoms with van der Waals surface area (Å²) < 4.78 is 30.3. The molecule has 2 bridgehead atoms. The molecule has 1 aliphatic carbocycles. The Balaban J connectivity index is 1.40. The highest BCUT2D eigenvalue weighted by atomic mass is 79.9. The molecule has 2 fully saturated rings. The molecular weight excluding hydrogens is 884 g/mol. The zero-order chi connectivity index (χ0) is 45.7. The zero-order valence-electron chi connectivity index (χ0n) is 37.7. The molecule has 0 unspecified atom stereocenters. The fourth-order valence-corrected chi connectivity index (χ4v) is 13.7. The van der Waals surface area contributed by atoms with Crippen LogP contribution in [0.2, 0.25) is 0 Å². The third-order valence-corrected chi connectivity index (χ3v) is 16.0. The molecule has 2 N–H and O–H groups in total. The Morgan fingerprint density at radius 3 is 2.42 bits per heavy atom. The third kappa shape index (κ3) is 5.94. The number of hydrogen-bond donors (Lipinski definition) is 2. The van der Waals surface area contributed by atoms with E-state index in [1.54, 1.807) is 7.11 Å². The average molecular weight is 942 g/mol. The van der Waals surface area contributed by atoms with Gasteiger partial charge in [0.2, 0.25) is 5.60 Å². The van der Waals surface area contributed by atoms with Crippen LogP contribution in [0.1, 0.15) is 68.8 Å². The van der Waals surface area contributed by atoms with Crippen LogP contribution in [-0.4, -0.2) is 129 Å². The van der Waals surface area contributed by atoms with Gasteiger partial charge < -0.3 is 43.6 Å². The number of rotatable bonds is 8. The lowest BCUT2D eigenvalue weighted by atomic mass is 9.47. The molecule has 1 aromatic heterocycles. The molecule has 6 heterocycles. The Morgan fingerprint density at radius 1 is 0.984 bits per heavy atom. The maximum Gasteiger partial charge on any atom is 0.344 e. The fourth-order valence-electron chi connectivity index (χ4n) is 13.3. The van der Waals surface area contributed by atoms with Crippen LogP contribution in [0.15, 0.2) is 70.4 Å². The van der Waals surface area contributed by atoms with Crippen LogP contribution < -0.4 is 9.64 Å². The van der Waals surface area contributed by atoms with Gasteiger partial charge in [0, 0.05) is 101 Å². The number of aliphatic hydroxyl groups is 1. The zero-order valence-corrected chi connectivity index (χ0v) is 39.3. The largest absolute Gasteiger partial charge is 0.496 e. The van der Waals surface area contributed by atoms with Crippen molar-refractivity contribution in [1.29, 1.82) is 0 Å². The number of likely N-dealkylation sites (N-methyl/N-ethyl adjacent to an activating group) is 1. The second kappa shape index (κ2) is 15.8. The van der Waals surface area contributed by atoms with Gasteiger partial charge in [-0.25, -0.2) is 9.59 Å². The lowest BCUT2D eigenvalue weighted by Crippen LogP contribution is -2.81. The Morgan fingerprint density at radius 2 is 1.75 bits per heavy atom. The summed E-state index contributed by atoms with van der Waals surface area (Å²) in [6.07, 6.45) is 9.08. The number of benzene rings is 2. The molecule has 8 atom stereocenters. The van der Waals surface area contributed by atoms with E-state index in [0.29, 0.717) is 67.3 Å². The minimum absolute atomic E-state index is 0.137. The van der Waals surface area contributed by atoms with Crippen molar-refractivity contribution in [1.82, 2.24) is 14.8 Å². The lowest BCUT2D eigenvalue weighted by molar-refractivity contribution is -0.228. The molecule has 340 valence electrons. The Kier molecular flexibility index (Phi) is 10.9. The molecular formula is C49H57BrN4O10. The smallest absolute Gasteiger partial charge is 0.344 e. The van der Waals surface area contributed by atoms with E-state index < -0.39 is 57.9 Å². The van der Waals surface area contributed by atoms with Crippen LogP contribution in [0, 0.1) is 11.3 Å². The standard InChI is InChI=1S/C49H57BrN4O10/c1-9-28-18-29-23-48(44(57)62-7,39-33(32-20-31(50)12-13-36(32)51-39)19-30(40(56)61-6)26-53(24-28)25-29)35-21-34-37(22-38(35)60-5)52(4)42-47(34)15-17-54-16-11-14-46(10-2,41(47)54)43(64-27(3)55)49(42,59)45(58)63-8/h11-14,18,20-22,26,29,41-43,51,59H,9-10,15-17,19,23-25H2,1-8H3/b30-26+/t29-,41+,42-,43-,46-,47-,48+,49+/m1/s1. The number of fused-ring (bicyclic) bond motifs is 6. The van der Waals surface area contributed by atoms with Gasteiger partial charge in [0.1, 0.15) is 11.2 Å². The number of H-pyrrole nitrogens is 1. The predicted octanol–water partition coefficient (Wildman–Crippen LogP) is 5.62. The van der Waals surface area contributed by atoms with E-state index in [4.69, 9.17) is 23.7 Å². The molecule has 14 nitrogen and oxygen atoms in total. The molecule has 6 aliphatic rings. The first-order valence-corrected chi connectivity index (χ1v) is 22.9. The maximum atomic E-state index is 15.6. The molecule has 0 amide bonds. The summed E-state index contributed by atoms with van der Waals surface area (Å²) in [6.45, 7) is 7.77. The summed E-state index contributed by atoms with van der Waals surface area (Å²) in [5, 5.41) is 14.2. The fraction of sp³-hybridized carbons (Fsp3) is 0.510. The predicted molar refractivity (Wildman–Crippen MR) is 242 cm³/mol. The number of nitrogens with zero attached hydrogens (tertiary/aromatic N) is 3. The lowest BCUT2D eigenvalue weighted by Gasteiger charge is -2.63. The van der Waals surface area contributed by atoms with E-state index in [1.807, 2.05) is 61.5 Å². The van der Waals surface area contributed by atoms with Gasteiger partial charge in [0.05, 0.1) is 40.1 Å².